The van der Waals surface area contributed by atoms with Crippen LogP contribution in [0.3, 0.4) is 0 Å². The number of furan rings is 2. The van der Waals surface area contributed by atoms with Crippen molar-refractivity contribution < 1.29 is 8.83 Å². The van der Waals surface area contributed by atoms with E-state index in [1.54, 1.807) is 0 Å². The highest BCUT2D eigenvalue weighted by Crippen LogP contribution is 2.41. The van der Waals surface area contributed by atoms with Crippen LogP contribution in [0.4, 0.5) is 17.1 Å². The lowest BCUT2D eigenvalue weighted by Gasteiger charge is -2.25. The van der Waals surface area contributed by atoms with E-state index in [1.807, 2.05) is 24.3 Å². The molecule has 0 bridgehead atoms. The summed E-state index contributed by atoms with van der Waals surface area (Å²) >= 11 is 0. The molecule has 0 radical (unpaired) electrons. The number of fused-ring (bicyclic) bond motifs is 7. The van der Waals surface area contributed by atoms with Crippen molar-refractivity contribution in [3.63, 3.8) is 0 Å². The Kier molecular flexibility index (Phi) is 7.17. The molecule has 0 spiro atoms. The van der Waals surface area contributed by atoms with Gasteiger partial charge in [-0.3, -0.25) is 0 Å². The van der Waals surface area contributed by atoms with E-state index in [9.17, 15) is 0 Å². The Morgan fingerprint density at radius 1 is 0.255 bits per heavy atom. The van der Waals surface area contributed by atoms with E-state index in [2.05, 4.69) is 181 Å². The molecule has 0 atom stereocenters. The summed E-state index contributed by atoms with van der Waals surface area (Å²) in [6.45, 7) is 0. The van der Waals surface area contributed by atoms with Crippen molar-refractivity contribution in [1.29, 1.82) is 0 Å². The van der Waals surface area contributed by atoms with Gasteiger partial charge < -0.3 is 13.7 Å². The minimum atomic E-state index is 0.853. The largest absolute Gasteiger partial charge is 0.456 e. The van der Waals surface area contributed by atoms with Crippen LogP contribution in [0.5, 0.6) is 0 Å². The van der Waals surface area contributed by atoms with E-state index in [4.69, 9.17) is 8.83 Å². The quantitative estimate of drug-likeness (QED) is 0.173. The molecule has 258 valence electrons. The topological polar surface area (TPSA) is 29.5 Å². The molecule has 0 N–H and O–H groups in total. The summed E-state index contributed by atoms with van der Waals surface area (Å²) in [6, 6.07) is 71.1. The smallest absolute Gasteiger partial charge is 0.137 e. The van der Waals surface area contributed by atoms with Gasteiger partial charge in [0.25, 0.3) is 0 Å². The zero-order valence-electron chi connectivity index (χ0n) is 29.8. The highest BCUT2D eigenvalue weighted by atomic mass is 16.3. The number of hydrogen-bond acceptors (Lipinski definition) is 3. The molecule has 0 aliphatic heterocycles. The van der Waals surface area contributed by atoms with E-state index in [-0.39, 0.29) is 0 Å². The number of para-hydroxylation sites is 2. The fourth-order valence-corrected chi connectivity index (χ4v) is 8.08. The molecule has 2 heterocycles. The van der Waals surface area contributed by atoms with Gasteiger partial charge in [-0.25, -0.2) is 0 Å². The SMILES string of the molecule is c1cc(-c2ccc(N(c3ccc4c(c3)oc3ccccc34)c3ccc4c(c3)oc3ccccc34)cc2)cc(-c2cccc(-c3ccc4ccccc4c3)c2)c1. The van der Waals surface area contributed by atoms with E-state index in [1.165, 1.54) is 38.6 Å². The van der Waals surface area contributed by atoms with Gasteiger partial charge in [0, 0.05) is 50.7 Å². The van der Waals surface area contributed by atoms with Gasteiger partial charge in [0.1, 0.15) is 22.3 Å². The molecule has 0 saturated heterocycles. The number of hydrogen-bond donors (Lipinski definition) is 0. The van der Waals surface area contributed by atoms with E-state index < -0.39 is 0 Å². The number of rotatable bonds is 6. The Hall–Kier alpha value is -7.36. The molecular formula is C52H33NO2. The number of benzene rings is 9. The molecule has 0 saturated carbocycles. The van der Waals surface area contributed by atoms with Crippen molar-refractivity contribution in [2.24, 2.45) is 0 Å². The average molecular weight is 704 g/mol. The summed E-state index contributed by atoms with van der Waals surface area (Å²) < 4.78 is 12.7. The standard InChI is InChI=1S/C52H33NO2/c1-2-10-36-30-41(20-19-34(36)9-1)40-14-8-13-39(31-40)38-12-7-11-37(29-38)35-21-23-42(24-22-35)53(43-25-27-47-45-15-3-5-17-49(45)54-51(47)32-43)44-26-28-48-46-16-4-6-18-50(46)55-52(48)33-44/h1-33H. The van der Waals surface area contributed by atoms with Crippen LogP contribution >= 0.6 is 0 Å². The zero-order chi connectivity index (χ0) is 36.3. The van der Waals surface area contributed by atoms with Gasteiger partial charge >= 0.3 is 0 Å². The second-order valence-corrected chi connectivity index (χ2v) is 14.2. The Morgan fingerprint density at radius 3 is 1.27 bits per heavy atom. The summed E-state index contributed by atoms with van der Waals surface area (Å²) in [5, 5.41) is 6.94. The first kappa shape index (κ1) is 31.2. The maximum atomic E-state index is 6.35. The highest BCUT2D eigenvalue weighted by molar-refractivity contribution is 6.08. The van der Waals surface area contributed by atoms with Crippen LogP contribution in [0.15, 0.2) is 209 Å². The normalized spacial score (nSPS) is 11.6. The Morgan fingerprint density at radius 2 is 0.691 bits per heavy atom. The van der Waals surface area contributed by atoms with Crippen molar-refractivity contribution in [2.75, 3.05) is 4.90 Å². The third-order valence-electron chi connectivity index (χ3n) is 10.8. The van der Waals surface area contributed by atoms with Crippen LogP contribution < -0.4 is 4.90 Å². The third kappa shape index (κ3) is 5.45. The van der Waals surface area contributed by atoms with Gasteiger partial charge in [0.05, 0.1) is 0 Å². The fourth-order valence-electron chi connectivity index (χ4n) is 8.08. The van der Waals surface area contributed by atoms with Crippen LogP contribution in [0, 0.1) is 0 Å². The molecule has 9 aromatic carbocycles. The van der Waals surface area contributed by atoms with Gasteiger partial charge in [-0.1, -0.05) is 121 Å². The predicted octanol–water partition coefficient (Wildman–Crippen LogP) is 15.1. The van der Waals surface area contributed by atoms with Crippen LogP contribution in [0.1, 0.15) is 0 Å². The van der Waals surface area contributed by atoms with Gasteiger partial charge in [0.2, 0.25) is 0 Å². The van der Waals surface area contributed by atoms with E-state index in [0.29, 0.717) is 0 Å². The number of anilines is 3. The Bertz CT molecular complexity index is 3110. The maximum Gasteiger partial charge on any atom is 0.137 e. The second-order valence-electron chi connectivity index (χ2n) is 14.2. The van der Waals surface area contributed by atoms with Gasteiger partial charge in [0.15, 0.2) is 0 Å². The molecule has 0 amide bonds. The molecule has 55 heavy (non-hydrogen) atoms. The summed E-state index contributed by atoms with van der Waals surface area (Å²) in [5.74, 6) is 0. The van der Waals surface area contributed by atoms with Gasteiger partial charge in [-0.05, 0) is 111 Å². The maximum absolute atomic E-state index is 6.35. The molecule has 3 heteroatoms. The van der Waals surface area contributed by atoms with Crippen LogP contribution in [-0.2, 0) is 0 Å². The molecular weight excluding hydrogens is 671 g/mol. The highest BCUT2D eigenvalue weighted by Gasteiger charge is 2.18. The predicted molar refractivity (Wildman–Crippen MR) is 229 cm³/mol. The van der Waals surface area contributed by atoms with Crippen LogP contribution in [0.25, 0.3) is 88.0 Å². The Labute approximate surface area is 317 Å². The lowest BCUT2D eigenvalue weighted by Crippen LogP contribution is -2.09. The Balaban J connectivity index is 0.969. The molecule has 0 aliphatic carbocycles. The first-order valence-electron chi connectivity index (χ1n) is 18.6. The van der Waals surface area contributed by atoms with Gasteiger partial charge in [-0.15, -0.1) is 0 Å². The van der Waals surface area contributed by atoms with Crippen molar-refractivity contribution in [3.05, 3.63) is 200 Å². The van der Waals surface area contributed by atoms with Gasteiger partial charge in [-0.2, -0.15) is 0 Å². The van der Waals surface area contributed by atoms with Crippen molar-refractivity contribution >= 4 is 71.7 Å². The minimum Gasteiger partial charge on any atom is -0.456 e. The summed E-state index contributed by atoms with van der Waals surface area (Å²) in [7, 11) is 0. The lowest BCUT2D eigenvalue weighted by molar-refractivity contribution is 0.669. The summed E-state index contributed by atoms with van der Waals surface area (Å²) in [5.41, 5.74) is 13.6. The fraction of sp³-hybridized carbons (Fsp3) is 0. The molecule has 0 aliphatic rings. The van der Waals surface area contributed by atoms with Crippen molar-refractivity contribution in [2.45, 2.75) is 0 Å². The van der Waals surface area contributed by atoms with E-state index >= 15 is 0 Å². The monoisotopic (exact) mass is 703 g/mol. The molecule has 11 rings (SSSR count). The molecule has 3 nitrogen and oxygen atoms in total. The molecule has 0 unspecified atom stereocenters. The number of nitrogens with zero attached hydrogens (tertiary/aromatic N) is 1. The van der Waals surface area contributed by atoms with Crippen LogP contribution in [0.2, 0.25) is 0 Å². The van der Waals surface area contributed by atoms with Crippen molar-refractivity contribution in [1.82, 2.24) is 0 Å². The second kappa shape index (κ2) is 12.6. The molecule has 2 aromatic heterocycles. The molecule has 0 fully saturated rings. The zero-order valence-corrected chi connectivity index (χ0v) is 29.8. The summed E-state index contributed by atoms with van der Waals surface area (Å²) in [4.78, 5) is 2.28. The van der Waals surface area contributed by atoms with Crippen molar-refractivity contribution in [3.8, 4) is 33.4 Å². The molecule has 11 aromatic rings. The summed E-state index contributed by atoms with van der Waals surface area (Å²) in [6.07, 6.45) is 0. The van der Waals surface area contributed by atoms with E-state index in [0.717, 1.165) is 66.5 Å². The first-order chi connectivity index (χ1) is 27.2. The minimum absolute atomic E-state index is 0.853. The van der Waals surface area contributed by atoms with Crippen LogP contribution in [-0.4, -0.2) is 0 Å². The lowest BCUT2D eigenvalue weighted by atomic mass is 9.95. The third-order valence-corrected chi connectivity index (χ3v) is 10.8. The first-order valence-corrected chi connectivity index (χ1v) is 18.6. The average Bonchev–Trinajstić information content (AvgIpc) is 3.82.